The molecular formula is C13H21N3O3S. The van der Waals surface area contributed by atoms with Crippen molar-refractivity contribution in [2.45, 2.75) is 30.3 Å². The molecule has 1 N–H and O–H groups in total. The molecule has 1 aliphatic rings. The van der Waals surface area contributed by atoms with Crippen molar-refractivity contribution in [2.75, 3.05) is 32.6 Å². The van der Waals surface area contributed by atoms with Crippen LogP contribution in [0.1, 0.15) is 19.8 Å². The summed E-state index contributed by atoms with van der Waals surface area (Å²) in [5, 5.41) is 2.85. The third-order valence-electron chi connectivity index (χ3n) is 3.74. The lowest BCUT2D eigenvalue weighted by atomic mass is 9.96. The molecule has 0 aromatic carbocycles. The van der Waals surface area contributed by atoms with E-state index in [4.69, 9.17) is 4.74 Å². The standard InChI is InChI=1S/C13H21N3O3S/c1-13(19-3)6-4-8-16(10-13)20(17,18)11-5-7-15-12(9-11)14-2/h5,7,9H,4,6,8,10H2,1-3H3,(H,14,15). The van der Waals surface area contributed by atoms with Gasteiger partial charge in [-0.25, -0.2) is 13.4 Å². The number of rotatable bonds is 4. The zero-order valence-corrected chi connectivity index (χ0v) is 12.9. The topological polar surface area (TPSA) is 71.5 Å². The lowest BCUT2D eigenvalue weighted by Crippen LogP contribution is -2.49. The van der Waals surface area contributed by atoms with Gasteiger partial charge < -0.3 is 10.1 Å². The number of piperidine rings is 1. The molecule has 20 heavy (non-hydrogen) atoms. The minimum absolute atomic E-state index is 0.261. The molecule has 1 fully saturated rings. The fraction of sp³-hybridized carbons (Fsp3) is 0.615. The number of hydrogen-bond donors (Lipinski definition) is 1. The molecule has 6 nitrogen and oxygen atoms in total. The van der Waals surface area contributed by atoms with Crippen LogP contribution in [0.15, 0.2) is 23.2 Å². The number of anilines is 1. The van der Waals surface area contributed by atoms with Gasteiger partial charge in [0.1, 0.15) is 5.82 Å². The first-order valence-electron chi connectivity index (χ1n) is 6.60. The van der Waals surface area contributed by atoms with Gasteiger partial charge in [-0.3, -0.25) is 0 Å². The molecule has 0 saturated carbocycles. The molecular weight excluding hydrogens is 278 g/mol. The maximum atomic E-state index is 12.7. The third kappa shape index (κ3) is 2.94. The molecule has 0 spiro atoms. The normalized spacial score (nSPS) is 24.6. The Kier molecular flexibility index (Phi) is 4.31. The van der Waals surface area contributed by atoms with E-state index < -0.39 is 15.6 Å². The summed E-state index contributed by atoms with van der Waals surface area (Å²) in [6.07, 6.45) is 3.17. The van der Waals surface area contributed by atoms with E-state index in [0.29, 0.717) is 18.9 Å². The van der Waals surface area contributed by atoms with Crippen molar-refractivity contribution in [1.29, 1.82) is 0 Å². The quantitative estimate of drug-likeness (QED) is 0.907. The maximum Gasteiger partial charge on any atom is 0.243 e. The lowest BCUT2D eigenvalue weighted by Gasteiger charge is -2.38. The second kappa shape index (κ2) is 5.67. The zero-order chi connectivity index (χ0) is 14.8. The number of hydrogen-bond acceptors (Lipinski definition) is 5. The smallest absolute Gasteiger partial charge is 0.243 e. The summed E-state index contributed by atoms with van der Waals surface area (Å²) in [6.45, 7) is 2.85. The highest BCUT2D eigenvalue weighted by Gasteiger charge is 2.37. The van der Waals surface area contributed by atoms with Crippen LogP contribution in [-0.4, -0.2) is 50.6 Å². The molecule has 0 radical (unpaired) electrons. The Labute approximate surface area is 120 Å². The van der Waals surface area contributed by atoms with Crippen molar-refractivity contribution in [3.63, 3.8) is 0 Å². The van der Waals surface area contributed by atoms with Gasteiger partial charge >= 0.3 is 0 Å². The number of sulfonamides is 1. The number of nitrogens with zero attached hydrogens (tertiary/aromatic N) is 2. The number of aromatic nitrogens is 1. The molecule has 1 aromatic heterocycles. The van der Waals surface area contributed by atoms with Gasteiger partial charge in [0, 0.05) is 39.5 Å². The number of methoxy groups -OCH3 is 1. The van der Waals surface area contributed by atoms with Crippen LogP contribution in [0.5, 0.6) is 0 Å². The molecule has 1 saturated heterocycles. The molecule has 0 aliphatic carbocycles. The minimum Gasteiger partial charge on any atom is -0.377 e. The van der Waals surface area contributed by atoms with Crippen molar-refractivity contribution < 1.29 is 13.2 Å². The van der Waals surface area contributed by atoms with Crippen LogP contribution in [0.25, 0.3) is 0 Å². The van der Waals surface area contributed by atoms with E-state index in [1.54, 1.807) is 20.2 Å². The van der Waals surface area contributed by atoms with Crippen molar-refractivity contribution >= 4 is 15.8 Å². The first-order valence-corrected chi connectivity index (χ1v) is 8.04. The van der Waals surface area contributed by atoms with Crippen LogP contribution < -0.4 is 5.32 Å². The average molecular weight is 299 g/mol. The molecule has 1 unspecified atom stereocenters. The summed E-state index contributed by atoms with van der Waals surface area (Å²) >= 11 is 0. The van der Waals surface area contributed by atoms with E-state index in [0.717, 1.165) is 12.8 Å². The fourth-order valence-corrected chi connectivity index (χ4v) is 3.99. The molecule has 0 amide bonds. The van der Waals surface area contributed by atoms with Crippen LogP contribution in [0, 0.1) is 0 Å². The Hall–Kier alpha value is -1.18. The highest BCUT2D eigenvalue weighted by atomic mass is 32.2. The van der Waals surface area contributed by atoms with Crippen LogP contribution in [0.4, 0.5) is 5.82 Å². The van der Waals surface area contributed by atoms with Gasteiger partial charge in [-0.15, -0.1) is 0 Å². The Morgan fingerprint density at radius 3 is 2.90 bits per heavy atom. The molecule has 2 heterocycles. The first kappa shape index (κ1) is 15.2. The second-order valence-corrected chi connectivity index (χ2v) is 7.16. The Bertz CT molecular complexity index is 576. The SMILES string of the molecule is CNc1cc(S(=O)(=O)N2CCCC(C)(OC)C2)ccn1. The highest BCUT2D eigenvalue weighted by molar-refractivity contribution is 7.89. The van der Waals surface area contributed by atoms with Crippen molar-refractivity contribution in [3.8, 4) is 0 Å². The number of nitrogens with one attached hydrogen (secondary N) is 1. The Balaban J connectivity index is 2.30. The summed E-state index contributed by atoms with van der Waals surface area (Å²) in [7, 11) is -0.166. The van der Waals surface area contributed by atoms with Gasteiger partial charge in [0.05, 0.1) is 10.5 Å². The zero-order valence-electron chi connectivity index (χ0n) is 12.1. The maximum absolute atomic E-state index is 12.7. The summed E-state index contributed by atoms with van der Waals surface area (Å²) in [4.78, 5) is 4.30. The largest absolute Gasteiger partial charge is 0.377 e. The predicted molar refractivity (Wildman–Crippen MR) is 77.2 cm³/mol. The Morgan fingerprint density at radius 1 is 1.50 bits per heavy atom. The molecule has 2 rings (SSSR count). The van der Waals surface area contributed by atoms with E-state index in [1.165, 1.54) is 16.6 Å². The predicted octanol–water partition coefficient (Wildman–Crippen LogP) is 1.31. The van der Waals surface area contributed by atoms with E-state index >= 15 is 0 Å². The molecule has 112 valence electrons. The van der Waals surface area contributed by atoms with Crippen LogP contribution in [-0.2, 0) is 14.8 Å². The molecule has 7 heteroatoms. The van der Waals surface area contributed by atoms with Gasteiger partial charge in [-0.05, 0) is 25.8 Å². The first-order chi connectivity index (χ1) is 9.41. The molecule has 1 atom stereocenters. The number of ether oxygens (including phenoxy) is 1. The van der Waals surface area contributed by atoms with Crippen LogP contribution in [0.2, 0.25) is 0 Å². The number of pyridine rings is 1. The average Bonchev–Trinajstić information content (AvgIpc) is 2.47. The second-order valence-electron chi connectivity index (χ2n) is 5.22. The fourth-order valence-electron chi connectivity index (χ4n) is 2.39. The summed E-state index contributed by atoms with van der Waals surface area (Å²) in [5.74, 6) is 0.539. The van der Waals surface area contributed by atoms with Gasteiger partial charge in [-0.2, -0.15) is 4.31 Å². The van der Waals surface area contributed by atoms with Crippen LogP contribution >= 0.6 is 0 Å². The van der Waals surface area contributed by atoms with Gasteiger partial charge in [0.15, 0.2) is 0 Å². The van der Waals surface area contributed by atoms with E-state index in [-0.39, 0.29) is 4.90 Å². The monoisotopic (exact) mass is 299 g/mol. The molecule has 1 aromatic rings. The van der Waals surface area contributed by atoms with Gasteiger partial charge in [-0.1, -0.05) is 0 Å². The molecule has 1 aliphatic heterocycles. The van der Waals surface area contributed by atoms with Crippen LogP contribution in [0.3, 0.4) is 0 Å². The summed E-state index contributed by atoms with van der Waals surface area (Å²) in [5.41, 5.74) is -0.413. The van der Waals surface area contributed by atoms with E-state index in [2.05, 4.69) is 10.3 Å². The highest BCUT2D eigenvalue weighted by Crippen LogP contribution is 2.28. The van der Waals surface area contributed by atoms with Gasteiger partial charge in [0.2, 0.25) is 10.0 Å². The summed E-state index contributed by atoms with van der Waals surface area (Å²) < 4.78 is 32.3. The van der Waals surface area contributed by atoms with Crippen molar-refractivity contribution in [3.05, 3.63) is 18.3 Å². The lowest BCUT2D eigenvalue weighted by molar-refractivity contribution is -0.0319. The summed E-state index contributed by atoms with van der Waals surface area (Å²) in [6, 6.07) is 3.07. The van der Waals surface area contributed by atoms with E-state index in [1.807, 2.05) is 6.92 Å². The van der Waals surface area contributed by atoms with Gasteiger partial charge in [0.25, 0.3) is 0 Å². The Morgan fingerprint density at radius 2 is 2.25 bits per heavy atom. The van der Waals surface area contributed by atoms with E-state index in [9.17, 15) is 8.42 Å². The molecule has 0 bridgehead atoms. The third-order valence-corrected chi connectivity index (χ3v) is 5.58. The van der Waals surface area contributed by atoms with Crippen molar-refractivity contribution in [2.24, 2.45) is 0 Å². The van der Waals surface area contributed by atoms with Crippen molar-refractivity contribution in [1.82, 2.24) is 9.29 Å². The minimum atomic E-state index is -3.50.